The van der Waals surface area contributed by atoms with E-state index in [0.29, 0.717) is 18.1 Å². The van der Waals surface area contributed by atoms with Crippen LogP contribution < -0.4 is 0 Å². The minimum Gasteiger partial charge on any atom is -0.206 e. The van der Waals surface area contributed by atoms with Crippen molar-refractivity contribution in [2.24, 2.45) is 11.8 Å². The van der Waals surface area contributed by atoms with Gasteiger partial charge in [-0.1, -0.05) is 50.0 Å². The lowest BCUT2D eigenvalue weighted by atomic mass is 9.78. The molecule has 1 saturated carbocycles. The average Bonchev–Trinajstić information content (AvgIpc) is 2.72. The van der Waals surface area contributed by atoms with Gasteiger partial charge in [0.2, 0.25) is 0 Å². The molecule has 32 heavy (non-hydrogen) atoms. The van der Waals surface area contributed by atoms with Crippen molar-refractivity contribution >= 4 is 11.6 Å². The monoisotopic (exact) mass is 470 g/mol. The number of halogens is 6. The Labute approximate surface area is 191 Å². The van der Waals surface area contributed by atoms with Crippen molar-refractivity contribution in [3.05, 3.63) is 71.1 Å². The largest absolute Gasteiger partial charge is 0.353 e. The van der Waals surface area contributed by atoms with E-state index < -0.39 is 28.4 Å². The summed E-state index contributed by atoms with van der Waals surface area (Å²) in [4.78, 5) is 0. The number of rotatable bonds is 8. The van der Waals surface area contributed by atoms with Crippen LogP contribution in [-0.2, 0) is 11.8 Å². The maximum Gasteiger partial charge on any atom is 0.353 e. The van der Waals surface area contributed by atoms with E-state index in [4.69, 9.17) is 11.6 Å². The first kappa shape index (κ1) is 24.8. The molecule has 0 atom stereocenters. The molecular weight excluding hydrogens is 443 g/mol. The molecule has 0 radical (unpaired) electrons. The molecule has 1 aliphatic rings. The first-order valence-electron chi connectivity index (χ1n) is 11.1. The van der Waals surface area contributed by atoms with Crippen LogP contribution in [0.2, 0.25) is 0 Å². The van der Waals surface area contributed by atoms with Gasteiger partial charge in [0.05, 0.1) is 0 Å². The minimum atomic E-state index is -4.18. The van der Waals surface area contributed by atoms with E-state index in [1.807, 2.05) is 6.92 Å². The lowest BCUT2D eigenvalue weighted by Gasteiger charge is -2.28. The van der Waals surface area contributed by atoms with Gasteiger partial charge in [-0.2, -0.15) is 8.78 Å². The van der Waals surface area contributed by atoms with E-state index in [-0.39, 0.29) is 11.1 Å². The van der Waals surface area contributed by atoms with Gasteiger partial charge in [0.15, 0.2) is 0 Å². The molecule has 0 saturated heterocycles. The van der Waals surface area contributed by atoms with Crippen molar-refractivity contribution in [2.75, 3.05) is 0 Å². The lowest BCUT2D eigenvalue weighted by molar-refractivity contribution is 0.0859. The molecule has 0 heterocycles. The van der Waals surface area contributed by atoms with Crippen LogP contribution in [0.1, 0.15) is 63.0 Å². The highest BCUT2D eigenvalue weighted by Gasteiger charge is 2.35. The Morgan fingerprint density at radius 1 is 0.906 bits per heavy atom. The fourth-order valence-corrected chi connectivity index (χ4v) is 4.81. The zero-order valence-electron chi connectivity index (χ0n) is 18.1. The van der Waals surface area contributed by atoms with Crippen LogP contribution in [0.5, 0.6) is 0 Å². The summed E-state index contributed by atoms with van der Waals surface area (Å²) in [7, 11) is 0. The van der Waals surface area contributed by atoms with Crippen molar-refractivity contribution in [1.82, 2.24) is 0 Å². The van der Waals surface area contributed by atoms with Crippen LogP contribution >= 0.6 is 11.6 Å². The maximum atomic E-state index is 14.7. The van der Waals surface area contributed by atoms with Gasteiger partial charge in [0.1, 0.15) is 23.0 Å². The van der Waals surface area contributed by atoms with Crippen molar-refractivity contribution in [2.45, 2.75) is 63.7 Å². The number of hydrogen-bond donors (Lipinski definition) is 0. The van der Waals surface area contributed by atoms with Crippen molar-refractivity contribution in [3.63, 3.8) is 0 Å². The molecule has 2 aromatic rings. The Morgan fingerprint density at radius 3 is 2.03 bits per heavy atom. The van der Waals surface area contributed by atoms with E-state index in [9.17, 15) is 22.0 Å². The molecule has 0 amide bonds. The molecular formula is C26H28ClF5. The Bertz CT molecular complexity index is 917. The van der Waals surface area contributed by atoms with Crippen LogP contribution in [0.15, 0.2) is 42.5 Å². The summed E-state index contributed by atoms with van der Waals surface area (Å²) in [6, 6.07) is 5.89. The predicted molar refractivity (Wildman–Crippen MR) is 119 cm³/mol. The van der Waals surface area contributed by atoms with Gasteiger partial charge < -0.3 is 0 Å². The number of hydrogen-bond acceptors (Lipinski definition) is 0. The summed E-state index contributed by atoms with van der Waals surface area (Å²) in [5.41, 5.74) is -0.912. The first-order valence-corrected chi connectivity index (χ1v) is 11.5. The number of allylic oxidation sites excluding steroid dienone is 2. The zero-order valence-corrected chi connectivity index (χ0v) is 18.9. The molecule has 0 spiro atoms. The van der Waals surface area contributed by atoms with Gasteiger partial charge in [0, 0.05) is 5.56 Å². The summed E-state index contributed by atoms with van der Waals surface area (Å²) in [6.45, 7) is 2.04. The molecule has 0 N–H and O–H groups in total. The Balaban J connectivity index is 1.61. The van der Waals surface area contributed by atoms with Gasteiger partial charge in [-0.3, -0.25) is 0 Å². The molecule has 0 nitrogen and oxygen atoms in total. The fraction of sp³-hybridized carbons (Fsp3) is 0.462. The van der Waals surface area contributed by atoms with Crippen LogP contribution in [0, 0.1) is 29.3 Å². The third-order valence-electron chi connectivity index (χ3n) is 6.45. The highest BCUT2D eigenvalue weighted by Crippen LogP contribution is 2.38. The van der Waals surface area contributed by atoms with Gasteiger partial charge >= 0.3 is 5.38 Å². The molecule has 1 fully saturated rings. The standard InChI is InChI=1S/C26H28ClF5/c1-2-3-4-5-17-6-8-18(9-7-17)10-11-19-12-13-21(22(28)14-19)20-15-23(29)25(24(30)16-20)26(27,31)32/h2-3,12-18H,4-11H2,1H3. The van der Waals surface area contributed by atoms with E-state index in [1.54, 1.807) is 6.07 Å². The third-order valence-corrected chi connectivity index (χ3v) is 6.64. The highest BCUT2D eigenvalue weighted by molar-refractivity contribution is 6.21. The molecule has 6 heteroatoms. The van der Waals surface area contributed by atoms with Crippen LogP contribution in [0.3, 0.4) is 0 Å². The SMILES string of the molecule is CC=CCCC1CCC(CCc2ccc(-c3cc(F)c(C(F)(F)Cl)c(F)c3)c(F)c2)CC1. The molecule has 0 aromatic heterocycles. The van der Waals surface area contributed by atoms with Crippen LogP contribution in [0.25, 0.3) is 11.1 Å². The van der Waals surface area contributed by atoms with Gasteiger partial charge in [-0.25, -0.2) is 13.2 Å². The third kappa shape index (κ3) is 6.34. The molecule has 1 aliphatic carbocycles. The quantitative estimate of drug-likeness (QED) is 0.205. The number of benzene rings is 2. The molecule has 0 aliphatic heterocycles. The number of alkyl halides is 3. The highest BCUT2D eigenvalue weighted by atomic mass is 35.5. The topological polar surface area (TPSA) is 0 Å². The first-order chi connectivity index (χ1) is 15.2. The van der Waals surface area contributed by atoms with Gasteiger partial charge in [-0.05, 0) is 85.4 Å². The smallest absolute Gasteiger partial charge is 0.206 e. The summed E-state index contributed by atoms with van der Waals surface area (Å²) in [5, 5.41) is -4.18. The number of aryl methyl sites for hydroxylation is 1. The average molecular weight is 471 g/mol. The molecule has 0 unspecified atom stereocenters. The van der Waals surface area contributed by atoms with E-state index in [1.165, 1.54) is 44.2 Å². The van der Waals surface area contributed by atoms with Crippen molar-refractivity contribution < 1.29 is 22.0 Å². The van der Waals surface area contributed by atoms with Gasteiger partial charge in [0.25, 0.3) is 0 Å². The molecule has 0 bridgehead atoms. The summed E-state index contributed by atoms with van der Waals surface area (Å²) in [6.07, 6.45) is 13.3. The van der Waals surface area contributed by atoms with Crippen molar-refractivity contribution in [3.8, 4) is 11.1 Å². The van der Waals surface area contributed by atoms with E-state index in [0.717, 1.165) is 30.7 Å². The van der Waals surface area contributed by atoms with Crippen LogP contribution in [0.4, 0.5) is 22.0 Å². The van der Waals surface area contributed by atoms with Crippen molar-refractivity contribution in [1.29, 1.82) is 0 Å². The lowest BCUT2D eigenvalue weighted by Crippen LogP contribution is -2.15. The summed E-state index contributed by atoms with van der Waals surface area (Å²) >= 11 is 4.76. The minimum absolute atomic E-state index is 0.0439. The second kappa shape index (κ2) is 10.8. The summed E-state index contributed by atoms with van der Waals surface area (Å²) < 4.78 is 69.1. The van der Waals surface area contributed by atoms with Crippen LogP contribution in [-0.4, -0.2) is 0 Å². The van der Waals surface area contributed by atoms with E-state index >= 15 is 0 Å². The molecule has 3 rings (SSSR count). The molecule has 174 valence electrons. The van der Waals surface area contributed by atoms with Gasteiger partial charge in [-0.15, -0.1) is 0 Å². The second-order valence-corrected chi connectivity index (χ2v) is 9.17. The molecule has 2 aromatic carbocycles. The predicted octanol–water partition coefficient (Wildman–Crippen LogP) is 9.15. The zero-order chi connectivity index (χ0) is 23.3. The fourth-order valence-electron chi connectivity index (χ4n) is 4.63. The Hall–Kier alpha value is -1.88. The van der Waals surface area contributed by atoms with E-state index in [2.05, 4.69) is 12.2 Å². The maximum absolute atomic E-state index is 14.7. The Morgan fingerprint density at radius 2 is 1.50 bits per heavy atom. The normalized spacial score (nSPS) is 19.6. The Kier molecular flexibility index (Phi) is 8.37. The second-order valence-electron chi connectivity index (χ2n) is 8.70. The summed E-state index contributed by atoms with van der Waals surface area (Å²) in [5.74, 6) is -2.23.